The Kier molecular flexibility index (Phi) is 4.06. The van der Waals surface area contributed by atoms with Crippen molar-refractivity contribution in [3.63, 3.8) is 0 Å². The van der Waals surface area contributed by atoms with Gasteiger partial charge in [0.15, 0.2) is 0 Å². The third-order valence-corrected chi connectivity index (χ3v) is 2.22. The molecule has 0 rings (SSSR count). The number of rotatable bonds is 4. The topological polar surface area (TPSA) is 20.2 Å². The Morgan fingerprint density at radius 3 is 2.58 bits per heavy atom. The Bertz CT molecular complexity index is 196. The van der Waals surface area contributed by atoms with Gasteiger partial charge in [-0.25, -0.2) is 0 Å². The molecule has 2 unspecified atom stereocenters. The van der Waals surface area contributed by atoms with E-state index in [0.717, 1.165) is 12.0 Å². The first kappa shape index (κ1) is 11.3. The van der Waals surface area contributed by atoms with E-state index in [4.69, 9.17) is 6.42 Å². The molecule has 1 nitrogen and oxygen atoms in total. The minimum Gasteiger partial charge on any atom is -0.378 e. The molecule has 0 aromatic rings. The lowest BCUT2D eigenvalue weighted by atomic mass is 9.92. The summed E-state index contributed by atoms with van der Waals surface area (Å²) < 4.78 is 0. The van der Waals surface area contributed by atoms with E-state index in [2.05, 4.69) is 19.4 Å². The summed E-state index contributed by atoms with van der Waals surface area (Å²) >= 11 is 0. The molecule has 0 saturated carbocycles. The van der Waals surface area contributed by atoms with Crippen molar-refractivity contribution in [2.24, 2.45) is 5.92 Å². The first-order valence-electron chi connectivity index (χ1n) is 4.24. The SMILES string of the molecule is C#CC(C)(O)CCC(C)C(=C)C. The van der Waals surface area contributed by atoms with Gasteiger partial charge in [-0.05, 0) is 32.6 Å². The fourth-order valence-electron chi connectivity index (χ4n) is 0.816. The second kappa shape index (κ2) is 4.33. The lowest BCUT2D eigenvalue weighted by Crippen LogP contribution is -2.21. The van der Waals surface area contributed by atoms with Gasteiger partial charge in [-0.1, -0.05) is 25.0 Å². The summed E-state index contributed by atoms with van der Waals surface area (Å²) in [6.45, 7) is 9.60. The average Bonchev–Trinajstić information content (AvgIpc) is 2.00. The predicted molar refractivity (Wildman–Crippen MR) is 52.7 cm³/mol. The van der Waals surface area contributed by atoms with Crippen LogP contribution in [0.5, 0.6) is 0 Å². The van der Waals surface area contributed by atoms with Crippen LogP contribution in [0.1, 0.15) is 33.6 Å². The Labute approximate surface area is 75.5 Å². The first-order valence-corrected chi connectivity index (χ1v) is 4.24. The molecule has 1 heteroatoms. The molecule has 2 atom stereocenters. The molecule has 0 radical (unpaired) electrons. The minimum atomic E-state index is -0.955. The van der Waals surface area contributed by atoms with Gasteiger partial charge in [-0.3, -0.25) is 0 Å². The van der Waals surface area contributed by atoms with E-state index >= 15 is 0 Å². The van der Waals surface area contributed by atoms with E-state index in [0.29, 0.717) is 12.3 Å². The molecule has 0 aliphatic rings. The Morgan fingerprint density at radius 1 is 1.75 bits per heavy atom. The van der Waals surface area contributed by atoms with Crippen LogP contribution < -0.4 is 0 Å². The zero-order valence-electron chi connectivity index (χ0n) is 8.22. The van der Waals surface area contributed by atoms with Crippen LogP contribution in [0.4, 0.5) is 0 Å². The van der Waals surface area contributed by atoms with Gasteiger partial charge >= 0.3 is 0 Å². The number of hydrogen-bond donors (Lipinski definition) is 1. The fraction of sp³-hybridized carbons (Fsp3) is 0.636. The second-order valence-corrected chi connectivity index (χ2v) is 3.70. The molecule has 0 bridgehead atoms. The van der Waals surface area contributed by atoms with Gasteiger partial charge in [0.1, 0.15) is 5.60 Å². The third-order valence-electron chi connectivity index (χ3n) is 2.22. The Morgan fingerprint density at radius 2 is 2.25 bits per heavy atom. The molecule has 1 N–H and O–H groups in total. The summed E-state index contributed by atoms with van der Waals surface area (Å²) in [6.07, 6.45) is 6.68. The van der Waals surface area contributed by atoms with Crippen molar-refractivity contribution in [2.45, 2.75) is 39.2 Å². The lowest BCUT2D eigenvalue weighted by molar-refractivity contribution is 0.106. The van der Waals surface area contributed by atoms with Crippen LogP contribution in [0.15, 0.2) is 12.2 Å². The van der Waals surface area contributed by atoms with Gasteiger partial charge in [-0.2, -0.15) is 0 Å². The highest BCUT2D eigenvalue weighted by Gasteiger charge is 2.17. The molecule has 0 aromatic carbocycles. The van der Waals surface area contributed by atoms with Crippen molar-refractivity contribution in [1.82, 2.24) is 0 Å². The van der Waals surface area contributed by atoms with Crippen molar-refractivity contribution < 1.29 is 5.11 Å². The molecule has 0 spiro atoms. The van der Waals surface area contributed by atoms with Crippen LogP contribution in [0.3, 0.4) is 0 Å². The molecule has 0 saturated heterocycles. The minimum absolute atomic E-state index is 0.435. The van der Waals surface area contributed by atoms with E-state index in [9.17, 15) is 5.11 Å². The van der Waals surface area contributed by atoms with Crippen molar-refractivity contribution in [2.75, 3.05) is 0 Å². The fourth-order valence-corrected chi connectivity index (χ4v) is 0.816. The van der Waals surface area contributed by atoms with Gasteiger partial charge in [0, 0.05) is 0 Å². The number of aliphatic hydroxyl groups is 1. The third kappa shape index (κ3) is 4.20. The molecule has 0 aromatic heterocycles. The smallest absolute Gasteiger partial charge is 0.122 e. The first-order chi connectivity index (χ1) is 5.39. The van der Waals surface area contributed by atoms with Crippen LogP contribution in [0, 0.1) is 18.3 Å². The van der Waals surface area contributed by atoms with Crippen molar-refractivity contribution in [3.8, 4) is 12.3 Å². The van der Waals surface area contributed by atoms with Gasteiger partial charge in [0.25, 0.3) is 0 Å². The predicted octanol–water partition coefficient (Wildman–Crippen LogP) is 2.36. The largest absolute Gasteiger partial charge is 0.378 e. The Hall–Kier alpha value is -0.740. The summed E-state index contributed by atoms with van der Waals surface area (Å²) in [4.78, 5) is 0. The molecule has 0 amide bonds. The lowest BCUT2D eigenvalue weighted by Gasteiger charge is -2.18. The van der Waals surface area contributed by atoms with Crippen LogP contribution in [0.25, 0.3) is 0 Å². The molecule has 0 heterocycles. The molecular formula is C11H18O. The number of terminal acetylenes is 1. The molecule has 68 valence electrons. The maximum atomic E-state index is 9.49. The standard InChI is InChI=1S/C11H18O/c1-6-11(5,12)8-7-10(4)9(2)3/h1,10,12H,2,7-8H2,3-5H3. The van der Waals surface area contributed by atoms with Crippen LogP contribution >= 0.6 is 0 Å². The molecule has 0 fully saturated rings. The summed E-state index contributed by atoms with van der Waals surface area (Å²) in [5.74, 6) is 2.80. The quantitative estimate of drug-likeness (QED) is 0.502. The summed E-state index contributed by atoms with van der Waals surface area (Å²) in [5.41, 5.74) is 0.187. The molecular weight excluding hydrogens is 148 g/mol. The van der Waals surface area contributed by atoms with Gasteiger partial charge in [0.2, 0.25) is 0 Å². The zero-order chi connectivity index (χ0) is 9.78. The molecule has 0 aliphatic carbocycles. The highest BCUT2D eigenvalue weighted by Crippen LogP contribution is 2.19. The number of allylic oxidation sites excluding steroid dienone is 1. The van der Waals surface area contributed by atoms with E-state index in [1.165, 1.54) is 0 Å². The summed E-state index contributed by atoms with van der Waals surface area (Å²) in [6, 6.07) is 0. The highest BCUT2D eigenvalue weighted by molar-refractivity contribution is 5.05. The average molecular weight is 166 g/mol. The number of hydrogen-bond acceptors (Lipinski definition) is 1. The van der Waals surface area contributed by atoms with E-state index in [1.54, 1.807) is 6.92 Å². The highest BCUT2D eigenvalue weighted by atomic mass is 16.3. The van der Waals surface area contributed by atoms with E-state index in [1.807, 2.05) is 6.92 Å². The molecule has 12 heavy (non-hydrogen) atoms. The van der Waals surface area contributed by atoms with Crippen molar-refractivity contribution in [1.29, 1.82) is 0 Å². The molecule has 0 aliphatic heterocycles. The van der Waals surface area contributed by atoms with E-state index in [-0.39, 0.29) is 0 Å². The normalized spacial score (nSPS) is 17.6. The van der Waals surface area contributed by atoms with Crippen LogP contribution in [0.2, 0.25) is 0 Å². The van der Waals surface area contributed by atoms with Gasteiger partial charge in [-0.15, -0.1) is 6.42 Å². The van der Waals surface area contributed by atoms with Crippen molar-refractivity contribution in [3.05, 3.63) is 12.2 Å². The van der Waals surface area contributed by atoms with Crippen LogP contribution in [-0.2, 0) is 0 Å². The van der Waals surface area contributed by atoms with Gasteiger partial charge in [0.05, 0.1) is 0 Å². The second-order valence-electron chi connectivity index (χ2n) is 3.70. The zero-order valence-corrected chi connectivity index (χ0v) is 8.22. The van der Waals surface area contributed by atoms with E-state index < -0.39 is 5.60 Å². The monoisotopic (exact) mass is 166 g/mol. The van der Waals surface area contributed by atoms with Gasteiger partial charge < -0.3 is 5.11 Å². The maximum absolute atomic E-state index is 9.49. The van der Waals surface area contributed by atoms with Crippen molar-refractivity contribution >= 4 is 0 Å². The van der Waals surface area contributed by atoms with Crippen LogP contribution in [-0.4, -0.2) is 10.7 Å². The maximum Gasteiger partial charge on any atom is 0.122 e. The summed E-state index contributed by atoms with van der Waals surface area (Å²) in [7, 11) is 0. The summed E-state index contributed by atoms with van der Waals surface area (Å²) in [5, 5.41) is 9.49. The Balaban J connectivity index is 3.85.